The number of anilines is 1. The van der Waals surface area contributed by atoms with Crippen LogP contribution in [0.1, 0.15) is 18.4 Å². The molecular formula is C20H25ClN2O. The first-order valence-electron chi connectivity index (χ1n) is 8.45. The molecule has 1 heterocycles. The topological polar surface area (TPSA) is 32.3 Å². The van der Waals surface area contributed by atoms with Gasteiger partial charge in [0.1, 0.15) is 0 Å². The van der Waals surface area contributed by atoms with E-state index in [1.807, 2.05) is 41.3 Å². The molecule has 1 saturated heterocycles. The predicted octanol–water partition coefficient (Wildman–Crippen LogP) is 3.68. The van der Waals surface area contributed by atoms with E-state index in [9.17, 15) is 4.79 Å². The number of piperidine rings is 1. The molecule has 2 aromatic carbocycles. The molecule has 1 fully saturated rings. The van der Waals surface area contributed by atoms with E-state index in [0.29, 0.717) is 0 Å². The number of nitrogens with zero attached hydrogens (tertiary/aromatic N) is 1. The number of rotatable bonds is 5. The molecule has 0 unspecified atom stereocenters. The summed E-state index contributed by atoms with van der Waals surface area (Å²) in [4.78, 5) is 15.0. The first-order chi connectivity index (χ1) is 11.3. The Labute approximate surface area is 150 Å². The molecule has 1 N–H and O–H groups in total. The standard InChI is InChI=1S/C20H24N2O.ClH/c23-20(18-11-14-21-15-12-18)22(19-9-5-2-6-10-19)16-13-17-7-3-1-4-8-17;/h1-10,18,21H,11-16H2;1H. The summed E-state index contributed by atoms with van der Waals surface area (Å²) in [5.41, 5.74) is 2.28. The van der Waals surface area contributed by atoms with Gasteiger partial charge in [-0.05, 0) is 50.0 Å². The lowest BCUT2D eigenvalue weighted by molar-refractivity contribution is -0.123. The number of carbonyl (C=O) groups is 1. The van der Waals surface area contributed by atoms with Crippen LogP contribution in [0.15, 0.2) is 60.7 Å². The SMILES string of the molecule is Cl.O=C(C1CCNCC1)N(CCc1ccccc1)c1ccccc1. The summed E-state index contributed by atoms with van der Waals surface area (Å²) in [6.07, 6.45) is 2.76. The average molecular weight is 345 g/mol. The summed E-state index contributed by atoms with van der Waals surface area (Å²) in [6, 6.07) is 20.4. The van der Waals surface area contributed by atoms with E-state index < -0.39 is 0 Å². The molecule has 128 valence electrons. The Morgan fingerprint density at radius 2 is 1.54 bits per heavy atom. The third-order valence-corrected chi connectivity index (χ3v) is 4.49. The minimum absolute atomic E-state index is 0. The van der Waals surface area contributed by atoms with E-state index in [2.05, 4.69) is 29.6 Å². The smallest absolute Gasteiger partial charge is 0.230 e. The highest BCUT2D eigenvalue weighted by Gasteiger charge is 2.26. The van der Waals surface area contributed by atoms with Crippen molar-refractivity contribution in [2.75, 3.05) is 24.5 Å². The molecule has 24 heavy (non-hydrogen) atoms. The van der Waals surface area contributed by atoms with Crippen molar-refractivity contribution in [1.29, 1.82) is 0 Å². The van der Waals surface area contributed by atoms with Gasteiger partial charge in [-0.1, -0.05) is 48.5 Å². The Bertz CT molecular complexity index is 612. The molecule has 0 spiro atoms. The largest absolute Gasteiger partial charge is 0.317 e. The molecule has 3 rings (SSSR count). The normalized spacial score (nSPS) is 14.7. The molecule has 0 bridgehead atoms. The van der Waals surface area contributed by atoms with Crippen molar-refractivity contribution in [1.82, 2.24) is 5.32 Å². The minimum atomic E-state index is 0. The number of hydrogen-bond donors (Lipinski definition) is 1. The van der Waals surface area contributed by atoms with Crippen molar-refractivity contribution >= 4 is 24.0 Å². The van der Waals surface area contributed by atoms with Crippen LogP contribution in [0.25, 0.3) is 0 Å². The van der Waals surface area contributed by atoms with Crippen LogP contribution in [-0.4, -0.2) is 25.5 Å². The summed E-state index contributed by atoms with van der Waals surface area (Å²) in [5, 5.41) is 3.34. The first kappa shape index (κ1) is 18.5. The van der Waals surface area contributed by atoms with E-state index in [0.717, 1.165) is 44.6 Å². The fourth-order valence-electron chi connectivity index (χ4n) is 3.15. The molecule has 0 aliphatic carbocycles. The van der Waals surface area contributed by atoms with Gasteiger partial charge >= 0.3 is 0 Å². The maximum absolute atomic E-state index is 13.0. The number of hydrogen-bond acceptors (Lipinski definition) is 2. The first-order valence-corrected chi connectivity index (χ1v) is 8.45. The van der Waals surface area contributed by atoms with Gasteiger partial charge in [0, 0.05) is 18.2 Å². The van der Waals surface area contributed by atoms with Crippen molar-refractivity contribution in [3.63, 3.8) is 0 Å². The number of benzene rings is 2. The fourth-order valence-corrected chi connectivity index (χ4v) is 3.15. The number of para-hydroxylation sites is 1. The van der Waals surface area contributed by atoms with Crippen LogP contribution in [0.5, 0.6) is 0 Å². The molecular weight excluding hydrogens is 320 g/mol. The van der Waals surface area contributed by atoms with Crippen molar-refractivity contribution in [3.8, 4) is 0 Å². The maximum Gasteiger partial charge on any atom is 0.230 e. The van der Waals surface area contributed by atoms with Gasteiger partial charge < -0.3 is 10.2 Å². The molecule has 1 aliphatic rings. The molecule has 0 aromatic heterocycles. The molecule has 0 radical (unpaired) electrons. The monoisotopic (exact) mass is 344 g/mol. The summed E-state index contributed by atoms with van der Waals surface area (Å²) in [6.45, 7) is 2.62. The lowest BCUT2D eigenvalue weighted by atomic mass is 9.96. The highest BCUT2D eigenvalue weighted by atomic mass is 35.5. The van der Waals surface area contributed by atoms with Gasteiger partial charge in [-0.3, -0.25) is 4.79 Å². The number of carbonyl (C=O) groups excluding carboxylic acids is 1. The van der Waals surface area contributed by atoms with Crippen molar-refractivity contribution in [3.05, 3.63) is 66.2 Å². The van der Waals surface area contributed by atoms with Crippen LogP contribution < -0.4 is 10.2 Å². The van der Waals surface area contributed by atoms with Gasteiger partial charge in [0.25, 0.3) is 0 Å². The Morgan fingerprint density at radius 3 is 2.17 bits per heavy atom. The number of amides is 1. The quantitative estimate of drug-likeness (QED) is 0.897. The van der Waals surface area contributed by atoms with E-state index in [1.54, 1.807) is 0 Å². The van der Waals surface area contributed by atoms with E-state index in [1.165, 1.54) is 5.56 Å². The summed E-state index contributed by atoms with van der Waals surface area (Å²) < 4.78 is 0. The van der Waals surface area contributed by atoms with Gasteiger partial charge in [-0.2, -0.15) is 0 Å². The highest BCUT2D eigenvalue weighted by molar-refractivity contribution is 5.95. The molecule has 4 heteroatoms. The molecule has 2 aromatic rings. The minimum Gasteiger partial charge on any atom is -0.317 e. The Morgan fingerprint density at radius 1 is 0.958 bits per heavy atom. The number of halogens is 1. The molecule has 0 atom stereocenters. The maximum atomic E-state index is 13.0. The Kier molecular flexibility index (Phi) is 7.29. The van der Waals surface area contributed by atoms with E-state index >= 15 is 0 Å². The molecule has 1 aliphatic heterocycles. The third kappa shape index (κ3) is 4.83. The lowest BCUT2D eigenvalue weighted by Crippen LogP contribution is -2.42. The summed E-state index contributed by atoms with van der Waals surface area (Å²) in [7, 11) is 0. The van der Waals surface area contributed by atoms with Crippen LogP contribution in [0, 0.1) is 5.92 Å². The number of nitrogens with one attached hydrogen (secondary N) is 1. The van der Waals surface area contributed by atoms with Gasteiger partial charge in [0.05, 0.1) is 0 Å². The van der Waals surface area contributed by atoms with Crippen molar-refractivity contribution < 1.29 is 4.79 Å². The molecule has 1 amide bonds. The lowest BCUT2D eigenvalue weighted by Gasteiger charge is -2.30. The summed E-state index contributed by atoms with van der Waals surface area (Å²) >= 11 is 0. The van der Waals surface area contributed by atoms with Crippen molar-refractivity contribution in [2.24, 2.45) is 5.92 Å². The van der Waals surface area contributed by atoms with Crippen molar-refractivity contribution in [2.45, 2.75) is 19.3 Å². The highest BCUT2D eigenvalue weighted by Crippen LogP contribution is 2.21. The van der Waals surface area contributed by atoms with E-state index in [-0.39, 0.29) is 24.2 Å². The second-order valence-corrected chi connectivity index (χ2v) is 6.09. The predicted molar refractivity (Wildman–Crippen MR) is 102 cm³/mol. The Balaban J connectivity index is 0.00000208. The zero-order valence-electron chi connectivity index (χ0n) is 13.9. The van der Waals surface area contributed by atoms with Crippen LogP contribution >= 0.6 is 12.4 Å². The van der Waals surface area contributed by atoms with Crippen LogP contribution in [-0.2, 0) is 11.2 Å². The van der Waals surface area contributed by atoms with E-state index in [4.69, 9.17) is 0 Å². The molecule has 3 nitrogen and oxygen atoms in total. The second-order valence-electron chi connectivity index (χ2n) is 6.09. The van der Waals surface area contributed by atoms with Crippen LogP contribution in [0.2, 0.25) is 0 Å². The van der Waals surface area contributed by atoms with Gasteiger partial charge in [-0.15, -0.1) is 12.4 Å². The van der Waals surface area contributed by atoms with Gasteiger partial charge in [-0.25, -0.2) is 0 Å². The Hall–Kier alpha value is -1.84. The van der Waals surface area contributed by atoms with Crippen LogP contribution in [0.4, 0.5) is 5.69 Å². The zero-order chi connectivity index (χ0) is 15.9. The average Bonchev–Trinajstić information content (AvgIpc) is 2.64. The molecule has 0 saturated carbocycles. The van der Waals surface area contributed by atoms with Crippen LogP contribution in [0.3, 0.4) is 0 Å². The fraction of sp³-hybridized carbons (Fsp3) is 0.350. The summed E-state index contributed by atoms with van der Waals surface area (Å²) in [5.74, 6) is 0.417. The van der Waals surface area contributed by atoms with Gasteiger partial charge in [0.2, 0.25) is 5.91 Å². The second kappa shape index (κ2) is 9.45. The zero-order valence-corrected chi connectivity index (χ0v) is 14.7. The van der Waals surface area contributed by atoms with Gasteiger partial charge in [0.15, 0.2) is 0 Å². The third-order valence-electron chi connectivity index (χ3n) is 4.49.